The second-order valence-electron chi connectivity index (χ2n) is 4.07. The largest absolute Gasteiger partial charge is 0.496 e. The van der Waals surface area contributed by atoms with Crippen LogP contribution in [-0.2, 0) is 0 Å². The predicted octanol–water partition coefficient (Wildman–Crippen LogP) is 4.37. The van der Waals surface area contributed by atoms with Crippen molar-refractivity contribution in [3.8, 4) is 5.75 Å². The first-order valence-corrected chi connectivity index (χ1v) is 7.09. The Morgan fingerprint density at radius 1 is 1.28 bits per heavy atom. The van der Waals surface area contributed by atoms with E-state index in [1.54, 1.807) is 7.11 Å². The van der Waals surface area contributed by atoms with Crippen molar-refractivity contribution in [2.75, 3.05) is 7.11 Å². The van der Waals surface area contributed by atoms with Gasteiger partial charge in [-0.05, 0) is 48.0 Å². The molecule has 18 heavy (non-hydrogen) atoms. The summed E-state index contributed by atoms with van der Waals surface area (Å²) in [4.78, 5) is 14.3. The molecule has 0 amide bonds. The van der Waals surface area contributed by atoms with E-state index in [4.69, 9.17) is 4.74 Å². The van der Waals surface area contributed by atoms with E-state index in [1.165, 1.54) is 11.3 Å². The SMILES string of the molecule is COc1ccc(C)cc1C(=O)c1sc(C)cc1Br. The van der Waals surface area contributed by atoms with Gasteiger partial charge in [-0.2, -0.15) is 0 Å². The number of aryl methyl sites for hydroxylation is 2. The van der Waals surface area contributed by atoms with E-state index in [9.17, 15) is 4.79 Å². The molecule has 1 heterocycles. The number of ketones is 1. The standard InChI is InChI=1S/C14H13BrO2S/c1-8-4-5-12(17-3)10(6-8)13(16)14-11(15)7-9(2)18-14/h4-7H,1-3H3. The minimum Gasteiger partial charge on any atom is -0.496 e. The molecule has 0 atom stereocenters. The van der Waals surface area contributed by atoms with Crippen molar-refractivity contribution in [1.29, 1.82) is 0 Å². The molecule has 2 aromatic rings. The van der Waals surface area contributed by atoms with Crippen molar-refractivity contribution >= 4 is 33.0 Å². The fourth-order valence-electron chi connectivity index (χ4n) is 1.76. The van der Waals surface area contributed by atoms with Crippen molar-refractivity contribution in [1.82, 2.24) is 0 Å². The molecule has 94 valence electrons. The van der Waals surface area contributed by atoms with Crippen molar-refractivity contribution in [2.24, 2.45) is 0 Å². The zero-order valence-electron chi connectivity index (χ0n) is 10.4. The third-order valence-electron chi connectivity index (χ3n) is 2.62. The topological polar surface area (TPSA) is 26.3 Å². The summed E-state index contributed by atoms with van der Waals surface area (Å²) < 4.78 is 6.10. The summed E-state index contributed by atoms with van der Waals surface area (Å²) in [5, 5.41) is 0. The summed E-state index contributed by atoms with van der Waals surface area (Å²) in [5.74, 6) is 0.615. The van der Waals surface area contributed by atoms with Gasteiger partial charge in [-0.3, -0.25) is 4.79 Å². The van der Waals surface area contributed by atoms with Crippen LogP contribution in [0.5, 0.6) is 5.75 Å². The van der Waals surface area contributed by atoms with E-state index in [0.717, 1.165) is 19.8 Å². The minimum atomic E-state index is 0.000486. The quantitative estimate of drug-likeness (QED) is 0.784. The van der Waals surface area contributed by atoms with E-state index >= 15 is 0 Å². The lowest BCUT2D eigenvalue weighted by molar-refractivity contribution is 0.103. The van der Waals surface area contributed by atoms with Crippen molar-refractivity contribution in [3.63, 3.8) is 0 Å². The number of rotatable bonds is 3. The average molecular weight is 325 g/mol. The van der Waals surface area contributed by atoms with Gasteiger partial charge in [0, 0.05) is 9.35 Å². The van der Waals surface area contributed by atoms with Crippen molar-refractivity contribution in [3.05, 3.63) is 49.6 Å². The van der Waals surface area contributed by atoms with Crippen molar-refractivity contribution < 1.29 is 9.53 Å². The Morgan fingerprint density at radius 3 is 2.56 bits per heavy atom. The number of ether oxygens (including phenoxy) is 1. The first kappa shape index (κ1) is 13.3. The van der Waals surface area contributed by atoms with Crippen LogP contribution in [0.1, 0.15) is 25.7 Å². The Hall–Kier alpha value is -1.13. The third-order valence-corrected chi connectivity index (χ3v) is 4.55. The van der Waals surface area contributed by atoms with Crippen LogP contribution < -0.4 is 4.74 Å². The maximum Gasteiger partial charge on any atom is 0.207 e. The molecular formula is C14H13BrO2S. The second-order valence-corrected chi connectivity index (χ2v) is 6.18. The first-order valence-electron chi connectivity index (χ1n) is 5.48. The number of halogens is 1. The summed E-state index contributed by atoms with van der Waals surface area (Å²) in [6.45, 7) is 3.95. The van der Waals surface area contributed by atoms with E-state index in [2.05, 4.69) is 15.9 Å². The second kappa shape index (κ2) is 5.24. The van der Waals surface area contributed by atoms with E-state index < -0.39 is 0 Å². The highest BCUT2D eigenvalue weighted by Gasteiger charge is 2.19. The minimum absolute atomic E-state index is 0.000486. The van der Waals surface area contributed by atoms with Crippen LogP contribution in [0.2, 0.25) is 0 Å². The highest BCUT2D eigenvalue weighted by atomic mass is 79.9. The number of carbonyl (C=O) groups excluding carboxylic acids is 1. The maximum absolute atomic E-state index is 12.5. The van der Waals surface area contributed by atoms with Gasteiger partial charge in [0.05, 0.1) is 17.6 Å². The zero-order valence-corrected chi connectivity index (χ0v) is 12.8. The van der Waals surface area contributed by atoms with E-state index in [-0.39, 0.29) is 5.78 Å². The van der Waals surface area contributed by atoms with Crippen LogP contribution in [0.4, 0.5) is 0 Å². The summed E-state index contributed by atoms with van der Waals surface area (Å²) in [6, 6.07) is 7.59. The molecule has 0 saturated carbocycles. The molecule has 0 bridgehead atoms. The molecule has 0 unspecified atom stereocenters. The van der Waals surface area contributed by atoms with Gasteiger partial charge >= 0.3 is 0 Å². The van der Waals surface area contributed by atoms with Gasteiger partial charge in [0.2, 0.25) is 5.78 Å². The first-order chi connectivity index (χ1) is 8.52. The zero-order chi connectivity index (χ0) is 13.3. The third kappa shape index (κ3) is 2.49. The molecule has 0 aliphatic heterocycles. The molecule has 2 rings (SSSR count). The highest BCUT2D eigenvalue weighted by Crippen LogP contribution is 2.31. The van der Waals surface area contributed by atoms with E-state index in [1.807, 2.05) is 38.1 Å². The lowest BCUT2D eigenvalue weighted by Gasteiger charge is -2.07. The summed E-state index contributed by atoms with van der Waals surface area (Å²) in [5.41, 5.74) is 1.66. The molecule has 0 fully saturated rings. The maximum atomic E-state index is 12.5. The van der Waals surface area contributed by atoms with Gasteiger partial charge in [0.25, 0.3) is 0 Å². The fourth-order valence-corrected chi connectivity index (χ4v) is 3.54. The Balaban J connectivity index is 2.51. The molecule has 0 saturated heterocycles. The Kier molecular flexibility index (Phi) is 3.88. The number of hydrogen-bond acceptors (Lipinski definition) is 3. The van der Waals surface area contributed by atoms with Crippen LogP contribution in [0.15, 0.2) is 28.7 Å². The van der Waals surface area contributed by atoms with Gasteiger partial charge in [-0.25, -0.2) is 0 Å². The molecule has 2 nitrogen and oxygen atoms in total. The fraction of sp³-hybridized carbons (Fsp3) is 0.214. The van der Waals surface area contributed by atoms with Gasteiger partial charge in [-0.15, -0.1) is 11.3 Å². The van der Waals surface area contributed by atoms with Crippen LogP contribution in [0.3, 0.4) is 0 Å². The monoisotopic (exact) mass is 324 g/mol. The van der Waals surface area contributed by atoms with E-state index in [0.29, 0.717) is 11.3 Å². The van der Waals surface area contributed by atoms with Gasteiger partial charge in [0.1, 0.15) is 5.75 Å². The van der Waals surface area contributed by atoms with Gasteiger partial charge < -0.3 is 4.74 Å². The Bertz CT molecular complexity index is 602. The molecule has 0 N–H and O–H groups in total. The lowest BCUT2D eigenvalue weighted by atomic mass is 10.1. The Labute approximate surface area is 119 Å². The molecule has 0 aliphatic carbocycles. The van der Waals surface area contributed by atoms with Crippen LogP contribution >= 0.6 is 27.3 Å². The molecular weight excluding hydrogens is 312 g/mol. The smallest absolute Gasteiger partial charge is 0.207 e. The summed E-state index contributed by atoms with van der Waals surface area (Å²) >= 11 is 4.92. The number of carbonyl (C=O) groups is 1. The van der Waals surface area contributed by atoms with Crippen molar-refractivity contribution in [2.45, 2.75) is 13.8 Å². The molecule has 1 aromatic carbocycles. The number of methoxy groups -OCH3 is 1. The van der Waals surface area contributed by atoms with Crippen LogP contribution in [-0.4, -0.2) is 12.9 Å². The summed E-state index contributed by atoms with van der Waals surface area (Å²) in [6.07, 6.45) is 0. The van der Waals surface area contributed by atoms with Crippen LogP contribution in [0, 0.1) is 13.8 Å². The average Bonchev–Trinajstić information content (AvgIpc) is 2.67. The Morgan fingerprint density at radius 2 is 2.00 bits per heavy atom. The van der Waals surface area contributed by atoms with Gasteiger partial charge in [-0.1, -0.05) is 11.6 Å². The molecule has 0 radical (unpaired) electrons. The lowest BCUT2D eigenvalue weighted by Crippen LogP contribution is -2.03. The number of thiophene rings is 1. The van der Waals surface area contributed by atoms with Gasteiger partial charge in [0.15, 0.2) is 0 Å². The molecule has 0 aliphatic rings. The predicted molar refractivity (Wildman–Crippen MR) is 77.9 cm³/mol. The normalized spacial score (nSPS) is 10.4. The number of benzene rings is 1. The van der Waals surface area contributed by atoms with Crippen LogP contribution in [0.25, 0.3) is 0 Å². The summed E-state index contributed by atoms with van der Waals surface area (Å²) in [7, 11) is 1.58. The molecule has 4 heteroatoms. The highest BCUT2D eigenvalue weighted by molar-refractivity contribution is 9.10. The number of hydrogen-bond donors (Lipinski definition) is 0. The molecule has 1 aromatic heterocycles. The molecule has 0 spiro atoms.